The summed E-state index contributed by atoms with van der Waals surface area (Å²) in [5, 5.41) is 25.1. The number of benzene rings is 1. The summed E-state index contributed by atoms with van der Waals surface area (Å²) in [6.07, 6.45) is 3.61. The van der Waals surface area contributed by atoms with Crippen molar-refractivity contribution in [1.29, 1.82) is 0 Å². The highest BCUT2D eigenvalue weighted by molar-refractivity contribution is 6.06. The highest BCUT2D eigenvalue weighted by atomic mass is 16.7. The first kappa shape index (κ1) is 18.4. The van der Waals surface area contributed by atoms with Crippen molar-refractivity contribution < 1.29 is 29.4 Å². The summed E-state index contributed by atoms with van der Waals surface area (Å²) in [5.41, 5.74) is -2.57. The van der Waals surface area contributed by atoms with E-state index in [4.69, 9.17) is 9.57 Å². The third-order valence-corrected chi connectivity index (χ3v) is 7.56. The van der Waals surface area contributed by atoms with E-state index in [1.54, 1.807) is 37.3 Å². The van der Waals surface area contributed by atoms with Gasteiger partial charge in [-0.05, 0) is 67.7 Å². The van der Waals surface area contributed by atoms with Crippen LogP contribution in [-0.2, 0) is 19.2 Å². The van der Waals surface area contributed by atoms with Crippen LogP contribution < -0.4 is 0 Å². The largest absolute Gasteiger partial charge is 0.508 e. The van der Waals surface area contributed by atoms with Crippen molar-refractivity contribution in [2.45, 2.75) is 50.4 Å². The lowest BCUT2D eigenvalue weighted by Gasteiger charge is -2.43. The molecule has 29 heavy (non-hydrogen) atoms. The van der Waals surface area contributed by atoms with Gasteiger partial charge in [-0.25, -0.2) is 4.79 Å². The molecule has 7 heteroatoms. The standard InChI is InChI=1S/C22H23NO6/c1-12-3-8-15-18(20(2)17(25)9-10-22(12,20)27)28-19(26)21(15)11-16(23-29-21)13-4-6-14(24)7-5-13/h4-7,9-10,12,15,18,24,27H,3,8,11H2,1-2H3/t12-,15?,18?,20-,21?,22+/m0/s1. The minimum absolute atomic E-state index is 0.139. The molecule has 2 aliphatic carbocycles. The maximum Gasteiger partial charge on any atom is 0.354 e. The van der Waals surface area contributed by atoms with Gasteiger partial charge in [0.2, 0.25) is 5.60 Å². The van der Waals surface area contributed by atoms with Crippen LogP contribution in [0.15, 0.2) is 41.6 Å². The molecule has 1 aromatic carbocycles. The molecule has 2 fully saturated rings. The Morgan fingerprint density at radius 2 is 1.90 bits per heavy atom. The van der Waals surface area contributed by atoms with Gasteiger partial charge in [0.15, 0.2) is 5.78 Å². The van der Waals surface area contributed by atoms with Gasteiger partial charge in [-0.3, -0.25) is 4.79 Å². The van der Waals surface area contributed by atoms with Gasteiger partial charge in [-0.1, -0.05) is 12.1 Å². The number of ketones is 1. The summed E-state index contributed by atoms with van der Waals surface area (Å²) < 4.78 is 5.79. The molecule has 1 saturated heterocycles. The Labute approximate surface area is 168 Å². The summed E-state index contributed by atoms with van der Waals surface area (Å²) in [6, 6.07) is 6.54. The molecule has 0 amide bonds. The topological polar surface area (TPSA) is 105 Å². The number of rotatable bonds is 1. The van der Waals surface area contributed by atoms with Crippen molar-refractivity contribution in [2.24, 2.45) is 22.4 Å². The van der Waals surface area contributed by atoms with E-state index in [0.29, 0.717) is 18.6 Å². The number of phenolic OH excluding ortho intramolecular Hbond substituents is 1. The van der Waals surface area contributed by atoms with Crippen LogP contribution in [0.3, 0.4) is 0 Å². The molecule has 152 valence electrons. The molecule has 0 bridgehead atoms. The monoisotopic (exact) mass is 397 g/mol. The predicted molar refractivity (Wildman–Crippen MR) is 102 cm³/mol. The van der Waals surface area contributed by atoms with E-state index in [1.807, 2.05) is 6.92 Å². The molecule has 1 aromatic rings. The number of ether oxygens (including phenoxy) is 1. The Bertz CT molecular complexity index is 968. The summed E-state index contributed by atoms with van der Waals surface area (Å²) in [5.74, 6) is -1.20. The fraction of sp³-hybridized carbons (Fsp3) is 0.500. The number of phenols is 1. The number of fused-ring (bicyclic) bond motifs is 4. The zero-order chi connectivity index (χ0) is 20.6. The SMILES string of the molecule is C[C@H]1CCC2C(OC(=O)C23CC(c2ccc(O)cc2)=NO3)[C@]2(C)C(=O)C=C[C@@]12O. The second-order valence-electron chi connectivity index (χ2n) is 8.88. The van der Waals surface area contributed by atoms with E-state index < -0.39 is 34.6 Å². The lowest BCUT2D eigenvalue weighted by molar-refractivity contribution is -0.169. The van der Waals surface area contributed by atoms with Gasteiger partial charge in [0.25, 0.3) is 0 Å². The average Bonchev–Trinajstić information content (AvgIpc) is 3.32. The molecule has 2 heterocycles. The van der Waals surface area contributed by atoms with Crippen LogP contribution in [0.1, 0.15) is 38.7 Å². The zero-order valence-electron chi connectivity index (χ0n) is 16.3. The molecular formula is C22H23NO6. The minimum Gasteiger partial charge on any atom is -0.508 e. The molecule has 0 radical (unpaired) electrons. The van der Waals surface area contributed by atoms with Gasteiger partial charge in [-0.15, -0.1) is 0 Å². The molecule has 3 unspecified atom stereocenters. The lowest BCUT2D eigenvalue weighted by atomic mass is 9.63. The summed E-state index contributed by atoms with van der Waals surface area (Å²) in [4.78, 5) is 31.7. The summed E-state index contributed by atoms with van der Waals surface area (Å²) in [6.45, 7) is 3.61. The minimum atomic E-state index is -1.37. The first-order valence-electron chi connectivity index (χ1n) is 9.94. The first-order chi connectivity index (χ1) is 13.7. The second kappa shape index (κ2) is 5.69. The van der Waals surface area contributed by atoms with Gasteiger partial charge in [-0.2, -0.15) is 0 Å². The highest BCUT2D eigenvalue weighted by Crippen LogP contribution is 2.59. The number of esters is 1. The molecule has 1 saturated carbocycles. The Morgan fingerprint density at radius 3 is 2.62 bits per heavy atom. The van der Waals surface area contributed by atoms with E-state index in [0.717, 1.165) is 5.56 Å². The van der Waals surface area contributed by atoms with Crippen molar-refractivity contribution in [2.75, 3.05) is 0 Å². The van der Waals surface area contributed by atoms with Crippen LogP contribution >= 0.6 is 0 Å². The number of hydrogen-bond acceptors (Lipinski definition) is 7. The molecule has 1 spiro atoms. The Kier molecular flexibility index (Phi) is 3.60. The van der Waals surface area contributed by atoms with Crippen LogP contribution in [0.2, 0.25) is 0 Å². The van der Waals surface area contributed by atoms with Crippen molar-refractivity contribution in [1.82, 2.24) is 0 Å². The number of hydrogen-bond donors (Lipinski definition) is 2. The first-order valence-corrected chi connectivity index (χ1v) is 9.94. The predicted octanol–water partition coefficient (Wildman–Crippen LogP) is 2.10. The van der Waals surface area contributed by atoms with Gasteiger partial charge < -0.3 is 19.8 Å². The van der Waals surface area contributed by atoms with Crippen molar-refractivity contribution in [3.05, 3.63) is 42.0 Å². The third-order valence-electron chi connectivity index (χ3n) is 7.56. The summed E-state index contributed by atoms with van der Waals surface area (Å²) >= 11 is 0. The number of nitrogens with zero attached hydrogens (tertiary/aromatic N) is 1. The number of carbonyl (C=O) groups excluding carboxylic acids is 2. The molecule has 2 aliphatic heterocycles. The van der Waals surface area contributed by atoms with Gasteiger partial charge in [0.05, 0.1) is 11.6 Å². The van der Waals surface area contributed by atoms with Crippen LogP contribution in [0.4, 0.5) is 0 Å². The number of oxime groups is 1. The quantitative estimate of drug-likeness (QED) is 0.703. The molecule has 4 aliphatic rings. The third kappa shape index (κ3) is 2.14. The van der Waals surface area contributed by atoms with E-state index in [1.165, 1.54) is 6.08 Å². The molecule has 5 rings (SSSR count). The van der Waals surface area contributed by atoms with Crippen LogP contribution in [0, 0.1) is 17.3 Å². The van der Waals surface area contributed by atoms with Gasteiger partial charge in [0.1, 0.15) is 22.9 Å². The number of carbonyl (C=O) groups is 2. The number of allylic oxidation sites excluding steroid dienone is 1. The number of aliphatic hydroxyl groups is 1. The average molecular weight is 397 g/mol. The van der Waals surface area contributed by atoms with E-state index in [2.05, 4.69) is 5.16 Å². The fourth-order valence-corrected chi connectivity index (χ4v) is 5.60. The number of aromatic hydroxyl groups is 1. The fourth-order valence-electron chi connectivity index (χ4n) is 5.60. The maximum absolute atomic E-state index is 13.1. The highest BCUT2D eigenvalue weighted by Gasteiger charge is 2.73. The van der Waals surface area contributed by atoms with Crippen LogP contribution in [-0.4, -0.2) is 45.0 Å². The Hall–Kier alpha value is -2.67. The van der Waals surface area contributed by atoms with Gasteiger partial charge in [0, 0.05) is 6.42 Å². The normalized spacial score (nSPS) is 42.9. The molecular weight excluding hydrogens is 374 g/mol. The zero-order valence-corrected chi connectivity index (χ0v) is 16.3. The summed E-state index contributed by atoms with van der Waals surface area (Å²) in [7, 11) is 0. The maximum atomic E-state index is 13.1. The van der Waals surface area contributed by atoms with Crippen molar-refractivity contribution in [3.8, 4) is 5.75 Å². The van der Waals surface area contributed by atoms with Crippen LogP contribution in [0.5, 0.6) is 5.75 Å². The molecule has 6 atom stereocenters. The molecule has 0 aromatic heterocycles. The van der Waals surface area contributed by atoms with E-state index in [9.17, 15) is 19.8 Å². The molecule has 2 N–H and O–H groups in total. The van der Waals surface area contributed by atoms with Crippen molar-refractivity contribution >= 4 is 17.5 Å². The Morgan fingerprint density at radius 1 is 1.17 bits per heavy atom. The van der Waals surface area contributed by atoms with E-state index >= 15 is 0 Å². The van der Waals surface area contributed by atoms with E-state index in [-0.39, 0.29) is 23.9 Å². The molecule has 7 nitrogen and oxygen atoms in total. The van der Waals surface area contributed by atoms with Crippen LogP contribution in [0.25, 0.3) is 0 Å². The smallest absolute Gasteiger partial charge is 0.354 e. The lowest BCUT2D eigenvalue weighted by Crippen LogP contribution is -2.57. The van der Waals surface area contributed by atoms with Crippen molar-refractivity contribution in [3.63, 3.8) is 0 Å². The Balaban J connectivity index is 1.53. The second-order valence-corrected chi connectivity index (χ2v) is 8.88. The van der Waals surface area contributed by atoms with Gasteiger partial charge >= 0.3 is 5.97 Å².